The first-order valence-corrected chi connectivity index (χ1v) is 2.59. The normalized spacial score (nSPS) is 8.10. The molecule has 0 fully saturated rings. The van der Waals surface area contributed by atoms with Crippen LogP contribution in [-0.2, 0) is 0 Å². The third-order valence-corrected chi connectivity index (χ3v) is 1.01. The molecule has 0 saturated heterocycles. The van der Waals surface area contributed by atoms with Crippen molar-refractivity contribution in [1.29, 1.82) is 0 Å². The summed E-state index contributed by atoms with van der Waals surface area (Å²) >= 11 is 0. The van der Waals surface area contributed by atoms with Crippen molar-refractivity contribution in [3.05, 3.63) is 24.2 Å². The summed E-state index contributed by atoms with van der Waals surface area (Å²) in [6.45, 7) is 0. The Bertz CT molecular complexity index is 196. The highest BCUT2D eigenvalue weighted by Crippen LogP contribution is 1.97. The average Bonchev–Trinajstić information content (AvgIpc) is 2.37. The van der Waals surface area contributed by atoms with Crippen molar-refractivity contribution < 1.29 is 9.21 Å². The van der Waals surface area contributed by atoms with E-state index in [1.54, 1.807) is 13.1 Å². The van der Waals surface area contributed by atoms with Gasteiger partial charge in [0.05, 0.1) is 11.8 Å². The van der Waals surface area contributed by atoms with Gasteiger partial charge in [-0.15, -0.1) is 12.4 Å². The van der Waals surface area contributed by atoms with Crippen LogP contribution in [-0.4, -0.2) is 13.0 Å². The number of hydrogen-bond donors (Lipinski definition) is 1. The average molecular weight is 162 g/mol. The Kier molecular flexibility index (Phi) is 3.57. The molecule has 0 bridgehead atoms. The molecule has 0 aliphatic rings. The van der Waals surface area contributed by atoms with Gasteiger partial charge in [0.1, 0.15) is 6.26 Å². The second kappa shape index (κ2) is 3.95. The van der Waals surface area contributed by atoms with Crippen LogP contribution in [0, 0.1) is 0 Å². The third kappa shape index (κ3) is 1.77. The number of carbonyl (C=O) groups is 1. The van der Waals surface area contributed by atoms with Crippen LogP contribution in [0.1, 0.15) is 10.4 Å². The molecular weight excluding hydrogens is 154 g/mol. The number of halogens is 1. The summed E-state index contributed by atoms with van der Waals surface area (Å²) in [5.41, 5.74) is 0.553. The van der Waals surface area contributed by atoms with Gasteiger partial charge in [0.2, 0.25) is 0 Å². The molecule has 1 amide bonds. The smallest absolute Gasteiger partial charge is 0.254 e. The van der Waals surface area contributed by atoms with Gasteiger partial charge in [-0.25, -0.2) is 0 Å². The zero-order valence-corrected chi connectivity index (χ0v) is 6.27. The van der Waals surface area contributed by atoms with E-state index in [1.165, 1.54) is 12.5 Å². The van der Waals surface area contributed by atoms with Crippen LogP contribution in [0.2, 0.25) is 0 Å². The number of hydrogen-bond acceptors (Lipinski definition) is 2. The summed E-state index contributed by atoms with van der Waals surface area (Å²) in [4.78, 5) is 10.7. The minimum Gasteiger partial charge on any atom is -0.472 e. The molecule has 56 valence electrons. The number of amides is 1. The summed E-state index contributed by atoms with van der Waals surface area (Å²) in [6, 6.07) is 1.61. The lowest BCUT2D eigenvalue weighted by atomic mass is 10.3. The highest BCUT2D eigenvalue weighted by molar-refractivity contribution is 5.93. The maximum absolute atomic E-state index is 10.7. The second-order valence-electron chi connectivity index (χ2n) is 1.59. The van der Waals surface area contributed by atoms with Crippen molar-refractivity contribution in [2.45, 2.75) is 0 Å². The van der Waals surface area contributed by atoms with Crippen LogP contribution in [0.25, 0.3) is 0 Å². The lowest BCUT2D eigenvalue weighted by Gasteiger charge is -1.89. The largest absolute Gasteiger partial charge is 0.472 e. The highest BCUT2D eigenvalue weighted by atomic mass is 35.5. The van der Waals surface area contributed by atoms with E-state index in [1.807, 2.05) is 0 Å². The second-order valence-corrected chi connectivity index (χ2v) is 1.59. The summed E-state index contributed by atoms with van der Waals surface area (Å²) in [7, 11) is 1.58. The topological polar surface area (TPSA) is 42.2 Å². The van der Waals surface area contributed by atoms with Crippen LogP contribution in [0.15, 0.2) is 23.0 Å². The van der Waals surface area contributed by atoms with E-state index in [0.29, 0.717) is 5.56 Å². The summed E-state index contributed by atoms with van der Waals surface area (Å²) in [5, 5.41) is 2.47. The molecule has 0 spiro atoms. The molecule has 0 aromatic carbocycles. The Morgan fingerprint density at radius 1 is 1.70 bits per heavy atom. The minimum absolute atomic E-state index is 0. The Balaban J connectivity index is 0.000000810. The molecule has 0 aliphatic carbocycles. The lowest BCUT2D eigenvalue weighted by Crippen LogP contribution is -2.16. The molecule has 0 radical (unpaired) electrons. The fraction of sp³-hybridized carbons (Fsp3) is 0.167. The Hall–Kier alpha value is -0.960. The van der Waals surface area contributed by atoms with E-state index in [2.05, 4.69) is 9.73 Å². The van der Waals surface area contributed by atoms with E-state index >= 15 is 0 Å². The first-order valence-electron chi connectivity index (χ1n) is 2.59. The van der Waals surface area contributed by atoms with E-state index in [9.17, 15) is 4.79 Å². The molecule has 3 nitrogen and oxygen atoms in total. The van der Waals surface area contributed by atoms with Gasteiger partial charge >= 0.3 is 0 Å². The van der Waals surface area contributed by atoms with Gasteiger partial charge in [-0.2, -0.15) is 0 Å². The molecular formula is C6H8ClNO2. The fourth-order valence-electron chi connectivity index (χ4n) is 0.538. The standard InChI is InChI=1S/C6H7NO2.ClH/c1-7-6(8)5-2-3-9-4-5;/h2-4H,1H3,(H,7,8);1H. The fourth-order valence-corrected chi connectivity index (χ4v) is 0.538. The molecule has 4 heteroatoms. The van der Waals surface area contributed by atoms with Crippen LogP contribution in [0.5, 0.6) is 0 Å². The highest BCUT2D eigenvalue weighted by Gasteiger charge is 2.01. The molecule has 1 aromatic rings. The molecule has 0 unspecified atom stereocenters. The van der Waals surface area contributed by atoms with Gasteiger partial charge in [-0.3, -0.25) is 4.79 Å². The zero-order chi connectivity index (χ0) is 6.69. The van der Waals surface area contributed by atoms with Crippen molar-refractivity contribution in [3.63, 3.8) is 0 Å². The number of nitrogens with one attached hydrogen (secondary N) is 1. The molecule has 0 saturated carbocycles. The molecule has 0 aliphatic heterocycles. The molecule has 1 heterocycles. The Labute approximate surface area is 64.8 Å². The molecule has 1 aromatic heterocycles. The Morgan fingerprint density at radius 3 is 2.80 bits per heavy atom. The summed E-state index contributed by atoms with van der Waals surface area (Å²) in [6.07, 6.45) is 2.86. The number of carbonyl (C=O) groups excluding carboxylic acids is 1. The SMILES string of the molecule is CNC(=O)c1ccoc1.Cl. The van der Waals surface area contributed by atoms with Gasteiger partial charge in [0.15, 0.2) is 0 Å². The van der Waals surface area contributed by atoms with Crippen LogP contribution in [0.3, 0.4) is 0 Å². The third-order valence-electron chi connectivity index (χ3n) is 1.01. The molecule has 1 N–H and O–H groups in total. The van der Waals surface area contributed by atoms with Crippen molar-refractivity contribution in [1.82, 2.24) is 5.32 Å². The van der Waals surface area contributed by atoms with Crippen LogP contribution < -0.4 is 5.32 Å². The van der Waals surface area contributed by atoms with Gasteiger partial charge < -0.3 is 9.73 Å². The zero-order valence-electron chi connectivity index (χ0n) is 5.46. The van der Waals surface area contributed by atoms with Gasteiger partial charge in [-0.05, 0) is 6.07 Å². The maximum atomic E-state index is 10.7. The summed E-state index contributed by atoms with van der Waals surface area (Å²) < 4.78 is 4.68. The number of rotatable bonds is 1. The van der Waals surface area contributed by atoms with Crippen LogP contribution >= 0.6 is 12.4 Å². The number of furan rings is 1. The first kappa shape index (κ1) is 9.04. The lowest BCUT2D eigenvalue weighted by molar-refractivity contribution is 0.0962. The maximum Gasteiger partial charge on any atom is 0.254 e. The molecule has 1 rings (SSSR count). The summed E-state index contributed by atoms with van der Waals surface area (Å²) in [5.74, 6) is -0.122. The van der Waals surface area contributed by atoms with Crippen LogP contribution in [0.4, 0.5) is 0 Å². The predicted octanol–water partition coefficient (Wildman–Crippen LogP) is 1.06. The quantitative estimate of drug-likeness (QED) is 0.669. The van der Waals surface area contributed by atoms with Gasteiger partial charge in [0, 0.05) is 7.05 Å². The minimum atomic E-state index is -0.122. The predicted molar refractivity (Wildman–Crippen MR) is 39.3 cm³/mol. The van der Waals surface area contributed by atoms with Gasteiger partial charge in [0.25, 0.3) is 5.91 Å². The van der Waals surface area contributed by atoms with Crippen molar-refractivity contribution in [2.24, 2.45) is 0 Å². The Morgan fingerprint density at radius 2 is 2.40 bits per heavy atom. The molecule has 10 heavy (non-hydrogen) atoms. The van der Waals surface area contributed by atoms with E-state index in [4.69, 9.17) is 0 Å². The van der Waals surface area contributed by atoms with Crippen molar-refractivity contribution in [3.8, 4) is 0 Å². The van der Waals surface area contributed by atoms with E-state index < -0.39 is 0 Å². The van der Waals surface area contributed by atoms with E-state index in [-0.39, 0.29) is 18.3 Å². The van der Waals surface area contributed by atoms with Crippen molar-refractivity contribution >= 4 is 18.3 Å². The van der Waals surface area contributed by atoms with E-state index in [0.717, 1.165) is 0 Å². The molecule has 0 atom stereocenters. The monoisotopic (exact) mass is 161 g/mol. The van der Waals surface area contributed by atoms with Gasteiger partial charge in [-0.1, -0.05) is 0 Å². The first-order chi connectivity index (χ1) is 4.34. The van der Waals surface area contributed by atoms with Crippen molar-refractivity contribution in [2.75, 3.05) is 7.05 Å².